The number of alkyl carbamates (subject to hydrolysis) is 1. The van der Waals surface area contributed by atoms with E-state index in [4.69, 9.17) is 9.47 Å². The van der Waals surface area contributed by atoms with Crippen LogP contribution in [0.25, 0.3) is 0 Å². The Kier molecular flexibility index (Phi) is 9.65. The predicted octanol–water partition coefficient (Wildman–Crippen LogP) is 2.59. The van der Waals surface area contributed by atoms with E-state index in [0.29, 0.717) is 12.5 Å². The maximum absolute atomic E-state index is 12.0. The highest BCUT2D eigenvalue weighted by Gasteiger charge is 2.20. The number of carbonyl (C=O) groups is 3. The maximum Gasteiger partial charge on any atom is 0.407 e. The lowest BCUT2D eigenvalue weighted by Gasteiger charge is -2.24. The molecule has 7 heteroatoms. The average Bonchev–Trinajstić information content (AvgIpc) is 2.61. The van der Waals surface area contributed by atoms with Crippen molar-refractivity contribution in [3.63, 3.8) is 0 Å². The van der Waals surface area contributed by atoms with E-state index in [9.17, 15) is 14.4 Å². The Bertz CT molecular complexity index is 468. The lowest BCUT2D eigenvalue weighted by molar-refractivity contribution is -0.140. The first kappa shape index (κ1) is 21.0. The quantitative estimate of drug-likeness (QED) is 0.409. The summed E-state index contributed by atoms with van der Waals surface area (Å²) in [6.07, 6.45) is 7.33. The number of amides is 1. The lowest BCUT2D eigenvalue weighted by atomic mass is 9.90. The minimum atomic E-state index is -0.673. The fraction of sp³-hybridized carbons (Fsp3) is 0.722. The van der Waals surface area contributed by atoms with E-state index in [-0.39, 0.29) is 18.6 Å². The summed E-state index contributed by atoms with van der Waals surface area (Å²) in [5, 5.41) is 2.73. The number of esters is 2. The first-order chi connectivity index (χ1) is 11.9. The minimum absolute atomic E-state index is 0.000537. The van der Waals surface area contributed by atoms with Crippen LogP contribution in [0.4, 0.5) is 4.79 Å². The molecule has 0 unspecified atom stereocenters. The smallest absolute Gasteiger partial charge is 0.407 e. The van der Waals surface area contributed by atoms with Gasteiger partial charge < -0.3 is 19.5 Å². The third-order valence-corrected chi connectivity index (χ3v) is 4.24. The second-order valence-electron chi connectivity index (χ2n) is 6.58. The summed E-state index contributed by atoms with van der Waals surface area (Å²) in [4.78, 5) is 34.4. The SMILES string of the molecule is COC(=O)/C=C/C(=O)OC[C@@H](NC(=O)OCC1CCCCC1)C(C)C. The highest BCUT2D eigenvalue weighted by molar-refractivity contribution is 5.91. The molecule has 0 aromatic rings. The molecule has 1 rings (SSSR count). The largest absolute Gasteiger partial charge is 0.466 e. The van der Waals surface area contributed by atoms with Gasteiger partial charge in [-0.15, -0.1) is 0 Å². The van der Waals surface area contributed by atoms with Crippen LogP contribution in [0.2, 0.25) is 0 Å². The molecule has 1 aliphatic rings. The summed E-state index contributed by atoms with van der Waals surface area (Å²) >= 11 is 0. The Labute approximate surface area is 149 Å². The molecule has 142 valence electrons. The van der Waals surface area contributed by atoms with Crippen molar-refractivity contribution in [1.82, 2.24) is 5.32 Å². The maximum atomic E-state index is 12.0. The molecule has 1 saturated carbocycles. The van der Waals surface area contributed by atoms with Gasteiger partial charge in [0.2, 0.25) is 0 Å². The first-order valence-corrected chi connectivity index (χ1v) is 8.78. The van der Waals surface area contributed by atoms with E-state index in [2.05, 4.69) is 10.1 Å². The van der Waals surface area contributed by atoms with Crippen molar-refractivity contribution < 1.29 is 28.6 Å². The molecular formula is C18H29NO6. The summed E-state index contributed by atoms with van der Waals surface area (Å²) < 4.78 is 14.7. The van der Waals surface area contributed by atoms with Gasteiger partial charge in [-0.3, -0.25) is 0 Å². The molecule has 1 N–H and O–H groups in total. The van der Waals surface area contributed by atoms with E-state index in [0.717, 1.165) is 25.0 Å². The van der Waals surface area contributed by atoms with Crippen LogP contribution in [0, 0.1) is 11.8 Å². The molecule has 1 amide bonds. The third-order valence-electron chi connectivity index (χ3n) is 4.24. The molecule has 0 radical (unpaired) electrons. The van der Waals surface area contributed by atoms with Gasteiger partial charge in [-0.1, -0.05) is 33.1 Å². The van der Waals surface area contributed by atoms with E-state index in [1.165, 1.54) is 26.4 Å². The van der Waals surface area contributed by atoms with E-state index < -0.39 is 18.0 Å². The van der Waals surface area contributed by atoms with Crippen molar-refractivity contribution in [2.24, 2.45) is 11.8 Å². The van der Waals surface area contributed by atoms with Crippen molar-refractivity contribution in [3.05, 3.63) is 12.2 Å². The van der Waals surface area contributed by atoms with Crippen LogP contribution in [0.3, 0.4) is 0 Å². The zero-order valence-corrected chi connectivity index (χ0v) is 15.3. The topological polar surface area (TPSA) is 90.9 Å². The standard InChI is InChI=1S/C18H29NO6/c1-13(2)15(12-24-17(21)10-9-16(20)23-3)19-18(22)25-11-14-7-5-4-6-8-14/h9-10,13-15H,4-8,11-12H2,1-3H3,(H,19,22)/b10-9+/t15-/m1/s1. The van der Waals surface area contributed by atoms with Gasteiger partial charge in [-0.25, -0.2) is 14.4 Å². The summed E-state index contributed by atoms with van der Waals surface area (Å²) in [6, 6.07) is -0.366. The van der Waals surface area contributed by atoms with Crippen LogP contribution in [0.15, 0.2) is 12.2 Å². The van der Waals surface area contributed by atoms with Crippen molar-refractivity contribution in [2.45, 2.75) is 52.0 Å². The van der Waals surface area contributed by atoms with Crippen LogP contribution in [0.5, 0.6) is 0 Å². The number of ether oxygens (including phenoxy) is 3. The third kappa shape index (κ3) is 9.12. The summed E-state index contributed by atoms with van der Waals surface area (Å²) in [6.45, 7) is 4.24. The Morgan fingerprint density at radius 2 is 1.68 bits per heavy atom. The van der Waals surface area contributed by atoms with Crippen molar-refractivity contribution in [2.75, 3.05) is 20.3 Å². The molecule has 0 aliphatic heterocycles. The summed E-state index contributed by atoms with van der Waals surface area (Å²) in [7, 11) is 1.22. The highest BCUT2D eigenvalue weighted by Crippen LogP contribution is 2.23. The lowest BCUT2D eigenvalue weighted by Crippen LogP contribution is -2.43. The second-order valence-corrected chi connectivity index (χ2v) is 6.58. The number of rotatable bonds is 8. The second kappa shape index (κ2) is 11.5. The van der Waals surface area contributed by atoms with Gasteiger partial charge in [0.15, 0.2) is 0 Å². The summed E-state index contributed by atoms with van der Waals surface area (Å²) in [5.74, 6) is -0.812. The number of carbonyl (C=O) groups excluding carboxylic acids is 3. The number of nitrogens with one attached hydrogen (secondary N) is 1. The molecule has 0 aromatic heterocycles. The van der Waals surface area contributed by atoms with E-state index in [1.54, 1.807) is 0 Å². The molecule has 0 aromatic carbocycles. The molecule has 0 saturated heterocycles. The molecule has 0 heterocycles. The molecule has 25 heavy (non-hydrogen) atoms. The Balaban J connectivity index is 2.34. The van der Waals surface area contributed by atoms with Crippen molar-refractivity contribution >= 4 is 18.0 Å². The van der Waals surface area contributed by atoms with Crippen LogP contribution in [0.1, 0.15) is 46.0 Å². The minimum Gasteiger partial charge on any atom is -0.466 e. The normalized spacial score (nSPS) is 16.5. The van der Waals surface area contributed by atoms with Crippen molar-refractivity contribution in [3.8, 4) is 0 Å². The predicted molar refractivity (Wildman–Crippen MR) is 91.8 cm³/mol. The van der Waals surface area contributed by atoms with Crippen molar-refractivity contribution in [1.29, 1.82) is 0 Å². The molecule has 7 nitrogen and oxygen atoms in total. The van der Waals surface area contributed by atoms with E-state index >= 15 is 0 Å². The van der Waals surface area contributed by atoms with Gasteiger partial charge >= 0.3 is 18.0 Å². The zero-order chi connectivity index (χ0) is 18.7. The molecular weight excluding hydrogens is 326 g/mol. The van der Waals surface area contributed by atoms with Gasteiger partial charge in [0.05, 0.1) is 19.8 Å². The molecule has 0 spiro atoms. The molecule has 1 atom stereocenters. The van der Waals surface area contributed by atoms with Gasteiger partial charge in [-0.2, -0.15) is 0 Å². The monoisotopic (exact) mass is 355 g/mol. The van der Waals surface area contributed by atoms with Crippen LogP contribution < -0.4 is 5.32 Å². The highest BCUT2D eigenvalue weighted by atomic mass is 16.6. The first-order valence-electron chi connectivity index (χ1n) is 8.78. The van der Waals surface area contributed by atoms with Gasteiger partial charge in [-0.05, 0) is 24.7 Å². The fourth-order valence-corrected chi connectivity index (χ4v) is 2.57. The number of hydrogen-bond acceptors (Lipinski definition) is 6. The molecule has 1 aliphatic carbocycles. The Morgan fingerprint density at radius 1 is 1.04 bits per heavy atom. The van der Waals surface area contributed by atoms with Crippen LogP contribution in [-0.4, -0.2) is 44.4 Å². The fourth-order valence-electron chi connectivity index (χ4n) is 2.57. The van der Waals surface area contributed by atoms with E-state index in [1.807, 2.05) is 13.8 Å². The van der Waals surface area contributed by atoms with Crippen LogP contribution >= 0.6 is 0 Å². The molecule has 1 fully saturated rings. The Morgan fingerprint density at radius 3 is 2.28 bits per heavy atom. The average molecular weight is 355 g/mol. The zero-order valence-electron chi connectivity index (χ0n) is 15.3. The van der Waals surface area contributed by atoms with Crippen LogP contribution in [-0.2, 0) is 23.8 Å². The number of hydrogen-bond donors (Lipinski definition) is 1. The van der Waals surface area contributed by atoms with Gasteiger partial charge in [0.25, 0.3) is 0 Å². The summed E-state index contributed by atoms with van der Waals surface area (Å²) in [5.41, 5.74) is 0. The number of methoxy groups -OCH3 is 1. The molecule has 0 bridgehead atoms. The Hall–Kier alpha value is -2.05. The van der Waals surface area contributed by atoms with Gasteiger partial charge in [0.1, 0.15) is 6.61 Å². The van der Waals surface area contributed by atoms with Gasteiger partial charge in [0, 0.05) is 12.2 Å².